The number of aromatic carboxylic acids is 1. The highest BCUT2D eigenvalue weighted by molar-refractivity contribution is 7.92. The summed E-state index contributed by atoms with van der Waals surface area (Å²) in [4.78, 5) is 10.6. The topological polar surface area (TPSA) is 83.5 Å². The average Bonchev–Trinajstić information content (AvgIpc) is 2.42. The number of halogens is 2. The van der Waals surface area contributed by atoms with E-state index >= 15 is 0 Å². The molecular weight excluding hydrogens is 333 g/mol. The second kappa shape index (κ2) is 5.94. The predicted octanol–water partition coefficient (Wildman–Crippen LogP) is 3.29. The van der Waals surface area contributed by atoms with Gasteiger partial charge in [-0.25, -0.2) is 17.6 Å². The van der Waals surface area contributed by atoms with E-state index in [-0.39, 0.29) is 21.2 Å². The molecule has 116 valence electrons. The SMILES string of the molecule is Cc1cc(F)ccc1NS(=O)(=O)c1cc(C(=O)O)ccc1Cl. The molecule has 0 amide bonds. The van der Waals surface area contributed by atoms with Gasteiger partial charge in [0, 0.05) is 0 Å². The van der Waals surface area contributed by atoms with Crippen LogP contribution in [0.2, 0.25) is 5.02 Å². The van der Waals surface area contributed by atoms with Crippen LogP contribution in [-0.4, -0.2) is 19.5 Å². The lowest BCUT2D eigenvalue weighted by molar-refractivity contribution is 0.0696. The minimum absolute atomic E-state index is 0.114. The van der Waals surface area contributed by atoms with E-state index in [1.54, 1.807) is 0 Å². The first-order chi connectivity index (χ1) is 10.2. The Morgan fingerprint density at radius 3 is 2.50 bits per heavy atom. The van der Waals surface area contributed by atoms with Gasteiger partial charge in [0.2, 0.25) is 0 Å². The zero-order valence-electron chi connectivity index (χ0n) is 11.3. The third-order valence-electron chi connectivity index (χ3n) is 2.90. The van der Waals surface area contributed by atoms with Crippen molar-refractivity contribution in [2.24, 2.45) is 0 Å². The van der Waals surface area contributed by atoms with Crippen LogP contribution in [0.5, 0.6) is 0 Å². The standard InChI is InChI=1S/C14H11ClFNO4S/c1-8-6-10(16)3-5-12(8)17-22(20,21)13-7-9(14(18)19)2-4-11(13)15/h2-7,17H,1H3,(H,18,19). The van der Waals surface area contributed by atoms with Gasteiger partial charge in [-0.05, 0) is 48.9 Å². The van der Waals surface area contributed by atoms with Gasteiger partial charge < -0.3 is 5.11 Å². The van der Waals surface area contributed by atoms with Crippen molar-refractivity contribution in [3.63, 3.8) is 0 Å². The van der Waals surface area contributed by atoms with Gasteiger partial charge in [0.05, 0.1) is 16.3 Å². The van der Waals surface area contributed by atoms with E-state index in [0.717, 1.165) is 12.1 Å². The van der Waals surface area contributed by atoms with Crippen LogP contribution in [0.3, 0.4) is 0 Å². The normalized spacial score (nSPS) is 11.2. The molecule has 2 rings (SSSR count). The van der Waals surface area contributed by atoms with Crippen LogP contribution >= 0.6 is 11.6 Å². The summed E-state index contributed by atoms with van der Waals surface area (Å²) in [6.07, 6.45) is 0. The fourth-order valence-electron chi connectivity index (χ4n) is 1.78. The molecule has 8 heteroatoms. The van der Waals surface area contributed by atoms with E-state index in [2.05, 4.69) is 4.72 Å². The molecule has 0 bridgehead atoms. The van der Waals surface area contributed by atoms with Gasteiger partial charge in [0.15, 0.2) is 0 Å². The predicted molar refractivity (Wildman–Crippen MR) is 80.4 cm³/mol. The van der Waals surface area contributed by atoms with Crippen LogP contribution in [0.1, 0.15) is 15.9 Å². The third kappa shape index (κ3) is 3.37. The molecule has 0 unspecified atom stereocenters. The van der Waals surface area contributed by atoms with Crippen LogP contribution in [0.15, 0.2) is 41.3 Å². The molecule has 2 aromatic carbocycles. The molecule has 0 aromatic heterocycles. The monoisotopic (exact) mass is 343 g/mol. The quantitative estimate of drug-likeness (QED) is 0.892. The molecule has 0 saturated carbocycles. The summed E-state index contributed by atoms with van der Waals surface area (Å²) in [5.74, 6) is -1.77. The molecule has 0 fully saturated rings. The summed E-state index contributed by atoms with van der Waals surface area (Å²) < 4.78 is 40.0. The summed E-state index contributed by atoms with van der Waals surface area (Å²) in [5.41, 5.74) is 0.355. The second-order valence-electron chi connectivity index (χ2n) is 4.52. The first-order valence-corrected chi connectivity index (χ1v) is 7.88. The van der Waals surface area contributed by atoms with Crippen LogP contribution in [-0.2, 0) is 10.0 Å². The highest BCUT2D eigenvalue weighted by Crippen LogP contribution is 2.26. The number of rotatable bonds is 4. The molecule has 0 saturated heterocycles. The number of sulfonamides is 1. The van der Waals surface area contributed by atoms with Gasteiger partial charge in [0.1, 0.15) is 10.7 Å². The minimum Gasteiger partial charge on any atom is -0.478 e. The van der Waals surface area contributed by atoms with Crippen molar-refractivity contribution < 1.29 is 22.7 Å². The first kappa shape index (κ1) is 16.3. The highest BCUT2D eigenvalue weighted by atomic mass is 35.5. The zero-order chi connectivity index (χ0) is 16.5. The van der Waals surface area contributed by atoms with Crippen molar-refractivity contribution in [2.45, 2.75) is 11.8 Å². The molecule has 5 nitrogen and oxygen atoms in total. The fraction of sp³-hybridized carbons (Fsp3) is 0.0714. The Hall–Kier alpha value is -2.12. The highest BCUT2D eigenvalue weighted by Gasteiger charge is 2.21. The molecule has 0 spiro atoms. The summed E-state index contributed by atoms with van der Waals surface area (Å²) >= 11 is 5.84. The number of nitrogens with one attached hydrogen (secondary N) is 1. The van der Waals surface area contributed by atoms with E-state index in [1.807, 2.05) is 0 Å². The van der Waals surface area contributed by atoms with E-state index in [4.69, 9.17) is 16.7 Å². The number of carbonyl (C=O) groups is 1. The first-order valence-electron chi connectivity index (χ1n) is 6.02. The molecule has 0 aliphatic carbocycles. The Morgan fingerprint density at radius 1 is 1.23 bits per heavy atom. The van der Waals surface area contributed by atoms with E-state index in [0.29, 0.717) is 5.56 Å². The van der Waals surface area contributed by atoms with Gasteiger partial charge in [0.25, 0.3) is 10.0 Å². The number of benzene rings is 2. The third-order valence-corrected chi connectivity index (χ3v) is 4.75. The summed E-state index contributed by atoms with van der Waals surface area (Å²) in [6, 6.07) is 6.92. The van der Waals surface area contributed by atoms with Gasteiger partial charge in [-0.15, -0.1) is 0 Å². The lowest BCUT2D eigenvalue weighted by atomic mass is 10.2. The number of hydrogen-bond donors (Lipinski definition) is 2. The molecule has 22 heavy (non-hydrogen) atoms. The second-order valence-corrected chi connectivity index (χ2v) is 6.57. The number of anilines is 1. The lowest BCUT2D eigenvalue weighted by Crippen LogP contribution is -2.15. The molecular formula is C14H11ClFNO4S. The molecule has 0 aliphatic heterocycles. The Bertz CT molecular complexity index is 852. The van der Waals surface area contributed by atoms with Gasteiger partial charge >= 0.3 is 5.97 Å². The minimum atomic E-state index is -4.10. The summed E-state index contributed by atoms with van der Waals surface area (Å²) in [6.45, 7) is 1.54. The molecule has 2 aromatic rings. The summed E-state index contributed by atoms with van der Waals surface area (Å²) in [7, 11) is -4.10. The van der Waals surface area contributed by atoms with Crippen molar-refractivity contribution >= 4 is 33.3 Å². The molecule has 2 N–H and O–H groups in total. The molecule has 0 aliphatic rings. The van der Waals surface area contributed by atoms with E-state index in [9.17, 15) is 17.6 Å². The molecule has 0 radical (unpaired) electrons. The van der Waals surface area contributed by atoms with Crippen LogP contribution in [0.4, 0.5) is 10.1 Å². The molecule has 0 heterocycles. The van der Waals surface area contributed by atoms with Crippen molar-refractivity contribution in [1.29, 1.82) is 0 Å². The number of carboxylic acids is 1. The number of aryl methyl sites for hydroxylation is 1. The van der Waals surface area contributed by atoms with Gasteiger partial charge in [-0.2, -0.15) is 0 Å². The largest absolute Gasteiger partial charge is 0.478 e. The summed E-state index contributed by atoms with van der Waals surface area (Å²) in [5, 5.41) is 8.82. The fourth-order valence-corrected chi connectivity index (χ4v) is 3.44. The zero-order valence-corrected chi connectivity index (χ0v) is 12.9. The van der Waals surface area contributed by atoms with Crippen molar-refractivity contribution in [1.82, 2.24) is 0 Å². The Morgan fingerprint density at radius 2 is 1.91 bits per heavy atom. The Kier molecular flexibility index (Phi) is 4.39. The van der Waals surface area contributed by atoms with Crippen LogP contribution < -0.4 is 4.72 Å². The maximum Gasteiger partial charge on any atom is 0.335 e. The number of hydrogen-bond acceptors (Lipinski definition) is 3. The van der Waals surface area contributed by atoms with Gasteiger partial charge in [-0.1, -0.05) is 11.6 Å². The average molecular weight is 344 g/mol. The van der Waals surface area contributed by atoms with Crippen molar-refractivity contribution in [3.05, 3.63) is 58.4 Å². The Balaban J connectivity index is 2.46. The van der Waals surface area contributed by atoms with Crippen LogP contribution in [0.25, 0.3) is 0 Å². The maximum absolute atomic E-state index is 13.0. The van der Waals surface area contributed by atoms with E-state index < -0.39 is 21.8 Å². The maximum atomic E-state index is 13.0. The Labute approximate surface area is 131 Å². The molecule has 0 atom stereocenters. The van der Waals surface area contributed by atoms with Crippen LogP contribution in [0, 0.1) is 12.7 Å². The van der Waals surface area contributed by atoms with E-state index in [1.165, 1.54) is 31.2 Å². The number of carboxylic acid groups (broad SMARTS) is 1. The van der Waals surface area contributed by atoms with Gasteiger partial charge in [-0.3, -0.25) is 4.72 Å². The lowest BCUT2D eigenvalue weighted by Gasteiger charge is -2.12. The smallest absolute Gasteiger partial charge is 0.335 e. The van der Waals surface area contributed by atoms with Crippen molar-refractivity contribution in [2.75, 3.05) is 4.72 Å². The van der Waals surface area contributed by atoms with Crippen molar-refractivity contribution in [3.8, 4) is 0 Å².